The Bertz CT molecular complexity index is 386. The van der Waals surface area contributed by atoms with Gasteiger partial charge < -0.3 is 15.2 Å². The molecule has 1 rings (SSSR count). The van der Waals surface area contributed by atoms with Crippen molar-refractivity contribution in [1.29, 1.82) is 0 Å². The van der Waals surface area contributed by atoms with E-state index in [0.717, 1.165) is 18.2 Å². The normalized spacial score (nSPS) is 12.9. The molecule has 108 valence electrons. The molecule has 0 heterocycles. The van der Waals surface area contributed by atoms with Crippen LogP contribution in [0.4, 0.5) is 8.78 Å². The van der Waals surface area contributed by atoms with Crippen LogP contribution in [0.2, 0.25) is 0 Å². The molecule has 1 unspecified atom stereocenters. The summed E-state index contributed by atoms with van der Waals surface area (Å²) in [5.41, 5.74) is -0.0319. The van der Waals surface area contributed by atoms with Crippen LogP contribution in [-0.4, -0.2) is 31.4 Å². The van der Waals surface area contributed by atoms with E-state index in [1.165, 1.54) is 0 Å². The maximum absolute atomic E-state index is 13.4. The van der Waals surface area contributed by atoms with Gasteiger partial charge in [0.05, 0.1) is 12.7 Å². The van der Waals surface area contributed by atoms with E-state index in [-0.39, 0.29) is 12.1 Å². The maximum Gasteiger partial charge on any atom is 0.129 e. The fraction of sp³-hybridized carbons (Fsp3) is 0.571. The van der Waals surface area contributed by atoms with Gasteiger partial charge in [0.25, 0.3) is 0 Å². The van der Waals surface area contributed by atoms with Crippen LogP contribution in [-0.2, 0) is 4.74 Å². The SMILES string of the molecule is CC(C)COCCNCC(O)c1cc(F)ccc1F. The average Bonchev–Trinajstić information content (AvgIpc) is 2.36. The molecule has 0 aliphatic carbocycles. The zero-order chi connectivity index (χ0) is 14.3. The molecule has 1 aromatic rings. The second kappa shape index (κ2) is 8.19. The Morgan fingerprint density at radius 2 is 2.05 bits per heavy atom. The minimum atomic E-state index is -1.07. The maximum atomic E-state index is 13.4. The van der Waals surface area contributed by atoms with Crippen LogP contribution in [0.25, 0.3) is 0 Å². The number of aliphatic hydroxyl groups is 1. The quantitative estimate of drug-likeness (QED) is 0.714. The van der Waals surface area contributed by atoms with Crippen LogP contribution in [0.15, 0.2) is 18.2 Å². The molecule has 0 bridgehead atoms. The van der Waals surface area contributed by atoms with Crippen molar-refractivity contribution in [2.75, 3.05) is 26.3 Å². The van der Waals surface area contributed by atoms with Crippen LogP contribution in [0.3, 0.4) is 0 Å². The number of hydrogen-bond donors (Lipinski definition) is 2. The van der Waals surface area contributed by atoms with Crippen LogP contribution in [0.1, 0.15) is 25.5 Å². The number of aliphatic hydroxyl groups excluding tert-OH is 1. The Hall–Kier alpha value is -1.04. The Kier molecular flexibility index (Phi) is 6.91. The van der Waals surface area contributed by atoms with Crippen LogP contribution in [0, 0.1) is 17.6 Å². The van der Waals surface area contributed by atoms with Gasteiger partial charge in [0.1, 0.15) is 11.6 Å². The van der Waals surface area contributed by atoms with E-state index in [0.29, 0.717) is 25.7 Å². The lowest BCUT2D eigenvalue weighted by Crippen LogP contribution is -2.26. The standard InChI is InChI=1S/C14H21F2NO2/c1-10(2)9-19-6-5-17-8-14(18)12-7-11(15)3-4-13(12)16/h3-4,7,10,14,17-18H,5-6,8-9H2,1-2H3. The molecule has 19 heavy (non-hydrogen) atoms. The second-order valence-electron chi connectivity index (χ2n) is 4.85. The van der Waals surface area contributed by atoms with Gasteiger partial charge in [-0.05, 0) is 24.1 Å². The van der Waals surface area contributed by atoms with Gasteiger partial charge in [0.2, 0.25) is 0 Å². The highest BCUT2D eigenvalue weighted by molar-refractivity contribution is 5.21. The minimum Gasteiger partial charge on any atom is -0.387 e. The smallest absolute Gasteiger partial charge is 0.129 e. The molecule has 0 fully saturated rings. The highest BCUT2D eigenvalue weighted by atomic mass is 19.1. The molecule has 0 aliphatic rings. The van der Waals surface area contributed by atoms with Gasteiger partial charge in [-0.2, -0.15) is 0 Å². The van der Waals surface area contributed by atoms with Crippen molar-refractivity contribution in [3.8, 4) is 0 Å². The summed E-state index contributed by atoms with van der Waals surface area (Å²) in [4.78, 5) is 0. The number of ether oxygens (including phenoxy) is 1. The monoisotopic (exact) mass is 273 g/mol. The summed E-state index contributed by atoms with van der Waals surface area (Å²) < 4.78 is 31.7. The van der Waals surface area contributed by atoms with Gasteiger partial charge in [-0.1, -0.05) is 13.8 Å². The first-order valence-electron chi connectivity index (χ1n) is 6.42. The molecule has 3 nitrogen and oxygen atoms in total. The average molecular weight is 273 g/mol. The third kappa shape index (κ3) is 6.09. The molecular weight excluding hydrogens is 252 g/mol. The van der Waals surface area contributed by atoms with Gasteiger partial charge in [-0.3, -0.25) is 0 Å². The Morgan fingerprint density at radius 3 is 2.74 bits per heavy atom. The van der Waals surface area contributed by atoms with Crippen molar-refractivity contribution in [2.45, 2.75) is 20.0 Å². The van der Waals surface area contributed by atoms with Crippen molar-refractivity contribution in [1.82, 2.24) is 5.32 Å². The lowest BCUT2D eigenvalue weighted by atomic mass is 10.1. The van der Waals surface area contributed by atoms with Gasteiger partial charge in [0, 0.05) is 25.3 Å². The zero-order valence-corrected chi connectivity index (χ0v) is 11.3. The van der Waals surface area contributed by atoms with Crippen molar-refractivity contribution in [2.24, 2.45) is 5.92 Å². The first kappa shape index (κ1) is 16.0. The predicted octanol–water partition coefficient (Wildman–Crippen LogP) is 2.26. The molecule has 0 radical (unpaired) electrons. The third-order valence-electron chi connectivity index (χ3n) is 2.53. The van der Waals surface area contributed by atoms with E-state index in [1.54, 1.807) is 0 Å². The van der Waals surface area contributed by atoms with Crippen LogP contribution in [0.5, 0.6) is 0 Å². The lowest BCUT2D eigenvalue weighted by molar-refractivity contribution is 0.107. The molecule has 0 saturated carbocycles. The predicted molar refractivity (Wildman–Crippen MR) is 69.8 cm³/mol. The summed E-state index contributed by atoms with van der Waals surface area (Å²) in [6.45, 7) is 6.04. The van der Waals surface area contributed by atoms with E-state index >= 15 is 0 Å². The minimum absolute atomic E-state index is 0.0319. The van der Waals surface area contributed by atoms with E-state index in [2.05, 4.69) is 19.2 Å². The Balaban J connectivity index is 2.27. The molecule has 0 amide bonds. The Morgan fingerprint density at radius 1 is 1.32 bits per heavy atom. The van der Waals surface area contributed by atoms with Crippen molar-refractivity contribution >= 4 is 0 Å². The summed E-state index contributed by atoms with van der Waals surface area (Å²) in [6, 6.07) is 3.05. The highest BCUT2D eigenvalue weighted by Gasteiger charge is 2.13. The first-order valence-corrected chi connectivity index (χ1v) is 6.42. The van der Waals surface area contributed by atoms with Crippen LogP contribution >= 0.6 is 0 Å². The summed E-state index contributed by atoms with van der Waals surface area (Å²) in [7, 11) is 0. The van der Waals surface area contributed by atoms with Gasteiger partial charge in [-0.25, -0.2) is 8.78 Å². The second-order valence-corrected chi connectivity index (χ2v) is 4.85. The van der Waals surface area contributed by atoms with Gasteiger partial charge in [0.15, 0.2) is 0 Å². The number of hydrogen-bond acceptors (Lipinski definition) is 3. The van der Waals surface area contributed by atoms with Crippen LogP contribution < -0.4 is 5.32 Å². The fourth-order valence-electron chi connectivity index (χ4n) is 1.58. The van der Waals surface area contributed by atoms with E-state index in [1.807, 2.05) is 0 Å². The van der Waals surface area contributed by atoms with Gasteiger partial charge in [-0.15, -0.1) is 0 Å². The summed E-state index contributed by atoms with van der Waals surface area (Å²) in [6.07, 6.45) is -1.07. The number of nitrogens with one attached hydrogen (secondary N) is 1. The summed E-state index contributed by atoms with van der Waals surface area (Å²) >= 11 is 0. The molecule has 5 heteroatoms. The molecule has 0 aliphatic heterocycles. The van der Waals surface area contributed by atoms with Crippen molar-refractivity contribution in [3.05, 3.63) is 35.4 Å². The Labute approximate surface area is 112 Å². The molecular formula is C14H21F2NO2. The zero-order valence-electron chi connectivity index (χ0n) is 11.3. The number of halogens is 2. The first-order chi connectivity index (χ1) is 9.00. The fourth-order valence-corrected chi connectivity index (χ4v) is 1.58. The van der Waals surface area contributed by atoms with Gasteiger partial charge >= 0.3 is 0 Å². The topological polar surface area (TPSA) is 41.5 Å². The third-order valence-corrected chi connectivity index (χ3v) is 2.53. The largest absolute Gasteiger partial charge is 0.387 e. The molecule has 0 saturated heterocycles. The van der Waals surface area contributed by atoms with Crippen molar-refractivity contribution < 1.29 is 18.6 Å². The van der Waals surface area contributed by atoms with E-state index < -0.39 is 17.7 Å². The lowest BCUT2D eigenvalue weighted by Gasteiger charge is -2.13. The van der Waals surface area contributed by atoms with E-state index in [9.17, 15) is 13.9 Å². The number of rotatable bonds is 8. The molecule has 2 N–H and O–H groups in total. The highest BCUT2D eigenvalue weighted by Crippen LogP contribution is 2.17. The summed E-state index contributed by atoms with van der Waals surface area (Å²) in [5, 5.41) is 12.7. The van der Waals surface area contributed by atoms with E-state index in [4.69, 9.17) is 4.74 Å². The molecule has 1 atom stereocenters. The summed E-state index contributed by atoms with van der Waals surface area (Å²) in [5.74, 6) is -0.686. The van der Waals surface area contributed by atoms with Crippen molar-refractivity contribution in [3.63, 3.8) is 0 Å². The molecule has 0 aromatic heterocycles. The molecule has 1 aromatic carbocycles. The molecule has 0 spiro atoms. The number of benzene rings is 1.